The first-order chi connectivity index (χ1) is 9.31. The molecular weight excluding hydrogens is 242 g/mol. The van der Waals surface area contributed by atoms with Gasteiger partial charge < -0.3 is 14.8 Å². The fourth-order valence-electron chi connectivity index (χ4n) is 2.85. The second-order valence-corrected chi connectivity index (χ2v) is 5.17. The first-order valence-corrected chi connectivity index (χ1v) is 6.67. The van der Waals surface area contributed by atoms with Gasteiger partial charge in [0.25, 0.3) is 0 Å². The minimum atomic E-state index is -0.0229. The number of ether oxygens (including phenoxy) is 2. The first-order valence-electron chi connectivity index (χ1n) is 6.67. The average molecular weight is 259 g/mol. The fourth-order valence-corrected chi connectivity index (χ4v) is 2.85. The molecule has 0 saturated carbocycles. The van der Waals surface area contributed by atoms with Gasteiger partial charge in [-0.1, -0.05) is 0 Å². The molecule has 100 valence electrons. The Bertz CT molecular complexity index is 492. The van der Waals surface area contributed by atoms with Gasteiger partial charge in [-0.15, -0.1) is 0 Å². The molecule has 2 aliphatic heterocycles. The molecule has 1 N–H and O–H groups in total. The molecule has 1 aromatic rings. The maximum absolute atomic E-state index is 9.04. The average Bonchev–Trinajstić information content (AvgIpc) is 2.83. The summed E-state index contributed by atoms with van der Waals surface area (Å²) >= 11 is 0. The van der Waals surface area contributed by atoms with Crippen molar-refractivity contribution in [3.05, 3.63) is 24.0 Å². The second kappa shape index (κ2) is 5.16. The molecule has 1 unspecified atom stereocenters. The van der Waals surface area contributed by atoms with E-state index in [4.69, 9.17) is 14.7 Å². The van der Waals surface area contributed by atoms with Crippen molar-refractivity contribution in [2.24, 2.45) is 0 Å². The highest BCUT2D eigenvalue weighted by Crippen LogP contribution is 2.35. The number of hydrogen-bond donors (Lipinski definition) is 1. The fraction of sp³-hybridized carbons (Fsp3) is 0.571. The zero-order chi connectivity index (χ0) is 13.1. The third-order valence-electron chi connectivity index (χ3n) is 3.89. The molecular formula is C14H17N3O2. The Balaban J connectivity index is 1.67. The monoisotopic (exact) mass is 259 g/mol. The number of hydrogen-bond acceptors (Lipinski definition) is 5. The van der Waals surface area contributed by atoms with Crippen molar-refractivity contribution >= 4 is 0 Å². The molecule has 2 saturated heterocycles. The third kappa shape index (κ3) is 2.55. The minimum absolute atomic E-state index is 0.0226. The van der Waals surface area contributed by atoms with E-state index >= 15 is 0 Å². The molecule has 0 aromatic carbocycles. The smallest absolute Gasteiger partial charge is 0.155 e. The number of nitrogens with zero attached hydrogens (tertiary/aromatic N) is 2. The van der Waals surface area contributed by atoms with E-state index in [1.54, 1.807) is 18.5 Å². The van der Waals surface area contributed by atoms with E-state index in [0.29, 0.717) is 17.9 Å². The van der Waals surface area contributed by atoms with E-state index < -0.39 is 0 Å². The van der Waals surface area contributed by atoms with Crippen LogP contribution < -0.4 is 10.1 Å². The van der Waals surface area contributed by atoms with Crippen molar-refractivity contribution < 1.29 is 9.47 Å². The molecule has 2 aliphatic rings. The van der Waals surface area contributed by atoms with Gasteiger partial charge in [-0.05, 0) is 32.0 Å². The highest BCUT2D eigenvalue weighted by Gasteiger charge is 2.42. The van der Waals surface area contributed by atoms with Gasteiger partial charge in [-0.25, -0.2) is 0 Å². The molecule has 3 rings (SSSR count). The highest BCUT2D eigenvalue weighted by atomic mass is 16.6. The quantitative estimate of drug-likeness (QED) is 0.865. The summed E-state index contributed by atoms with van der Waals surface area (Å²) in [5.74, 6) is 0.560. The van der Waals surface area contributed by atoms with E-state index in [1.807, 2.05) is 0 Å². The maximum atomic E-state index is 9.04. The molecule has 19 heavy (non-hydrogen) atoms. The van der Waals surface area contributed by atoms with Crippen LogP contribution in [-0.4, -0.2) is 36.4 Å². The van der Waals surface area contributed by atoms with Crippen LogP contribution in [0, 0.1) is 11.3 Å². The van der Waals surface area contributed by atoms with Gasteiger partial charge >= 0.3 is 0 Å². The van der Waals surface area contributed by atoms with Gasteiger partial charge in [0.05, 0.1) is 24.0 Å². The largest absolute Gasteiger partial charge is 0.485 e. The van der Waals surface area contributed by atoms with Crippen molar-refractivity contribution in [3.63, 3.8) is 0 Å². The summed E-state index contributed by atoms with van der Waals surface area (Å²) in [6.45, 7) is 2.60. The number of piperidine rings is 1. The van der Waals surface area contributed by atoms with E-state index in [0.717, 1.165) is 32.4 Å². The van der Waals surface area contributed by atoms with Crippen molar-refractivity contribution in [1.29, 1.82) is 5.26 Å². The Morgan fingerprint density at radius 2 is 2.32 bits per heavy atom. The van der Waals surface area contributed by atoms with Crippen LogP contribution in [0.3, 0.4) is 0 Å². The van der Waals surface area contributed by atoms with Crippen LogP contribution in [0.5, 0.6) is 5.75 Å². The van der Waals surface area contributed by atoms with Crippen molar-refractivity contribution in [1.82, 2.24) is 10.3 Å². The first kappa shape index (κ1) is 12.4. The molecule has 5 heteroatoms. The number of rotatable bonds is 2. The zero-order valence-electron chi connectivity index (χ0n) is 10.8. The molecule has 0 amide bonds. The Kier molecular flexibility index (Phi) is 3.36. The molecule has 0 radical (unpaired) electrons. The van der Waals surface area contributed by atoms with Crippen LogP contribution in [0.1, 0.15) is 24.8 Å². The van der Waals surface area contributed by atoms with Crippen LogP contribution >= 0.6 is 0 Å². The number of pyridine rings is 1. The minimum Gasteiger partial charge on any atom is -0.485 e. The van der Waals surface area contributed by atoms with Crippen LogP contribution in [0.4, 0.5) is 0 Å². The SMILES string of the molecule is N#Cc1ccncc1OC1COC2(CCNCC2)C1. The van der Waals surface area contributed by atoms with Gasteiger partial charge in [0.2, 0.25) is 0 Å². The predicted molar refractivity (Wildman–Crippen MR) is 68.8 cm³/mol. The summed E-state index contributed by atoms with van der Waals surface area (Å²) in [4.78, 5) is 4.01. The lowest BCUT2D eigenvalue weighted by atomic mass is 9.89. The van der Waals surface area contributed by atoms with Gasteiger partial charge in [0.15, 0.2) is 5.75 Å². The van der Waals surface area contributed by atoms with Crippen LogP contribution in [0.15, 0.2) is 18.5 Å². The molecule has 2 fully saturated rings. The van der Waals surface area contributed by atoms with Crippen molar-refractivity contribution in [2.75, 3.05) is 19.7 Å². The van der Waals surface area contributed by atoms with Gasteiger partial charge in [0.1, 0.15) is 12.2 Å². The lowest BCUT2D eigenvalue weighted by molar-refractivity contribution is -0.0205. The summed E-state index contributed by atoms with van der Waals surface area (Å²) < 4.78 is 11.9. The van der Waals surface area contributed by atoms with Crippen molar-refractivity contribution in [3.8, 4) is 11.8 Å². The number of nitriles is 1. The van der Waals surface area contributed by atoms with E-state index in [-0.39, 0.29) is 11.7 Å². The Morgan fingerprint density at radius 1 is 1.47 bits per heavy atom. The van der Waals surface area contributed by atoms with E-state index in [9.17, 15) is 0 Å². The lowest BCUT2D eigenvalue weighted by Crippen LogP contribution is -2.41. The molecule has 1 spiro atoms. The topological polar surface area (TPSA) is 67.2 Å². The predicted octanol–water partition coefficient (Wildman–Crippen LogP) is 1.24. The normalized spacial score (nSPS) is 25.1. The zero-order valence-corrected chi connectivity index (χ0v) is 10.8. The van der Waals surface area contributed by atoms with Gasteiger partial charge in [-0.3, -0.25) is 4.98 Å². The summed E-state index contributed by atoms with van der Waals surface area (Å²) in [6, 6.07) is 3.80. The number of nitrogens with one attached hydrogen (secondary N) is 1. The Morgan fingerprint density at radius 3 is 3.11 bits per heavy atom. The Hall–Kier alpha value is -1.64. The van der Waals surface area contributed by atoms with Crippen molar-refractivity contribution in [2.45, 2.75) is 31.0 Å². The van der Waals surface area contributed by atoms with Crippen LogP contribution in [0.2, 0.25) is 0 Å². The molecule has 5 nitrogen and oxygen atoms in total. The lowest BCUT2D eigenvalue weighted by Gasteiger charge is -2.32. The maximum Gasteiger partial charge on any atom is 0.155 e. The van der Waals surface area contributed by atoms with Gasteiger partial charge in [-0.2, -0.15) is 5.26 Å². The highest BCUT2D eigenvalue weighted by molar-refractivity contribution is 5.40. The van der Waals surface area contributed by atoms with E-state index in [2.05, 4.69) is 16.4 Å². The molecule has 0 bridgehead atoms. The molecule has 0 aliphatic carbocycles. The summed E-state index contributed by atoms with van der Waals surface area (Å²) in [5, 5.41) is 12.4. The van der Waals surface area contributed by atoms with Gasteiger partial charge in [0, 0.05) is 12.6 Å². The molecule has 1 aromatic heterocycles. The van der Waals surface area contributed by atoms with Crippen LogP contribution in [0.25, 0.3) is 0 Å². The summed E-state index contributed by atoms with van der Waals surface area (Å²) in [5.41, 5.74) is 0.506. The summed E-state index contributed by atoms with van der Waals surface area (Å²) in [6.07, 6.45) is 6.19. The molecule has 3 heterocycles. The van der Waals surface area contributed by atoms with Crippen LogP contribution in [-0.2, 0) is 4.74 Å². The third-order valence-corrected chi connectivity index (χ3v) is 3.89. The standard InChI is InChI=1S/C14H17N3O2/c15-8-11-1-4-17-9-13(11)19-12-7-14(18-10-12)2-5-16-6-3-14/h1,4,9,12,16H,2-3,5-7,10H2. The number of aromatic nitrogens is 1. The van der Waals surface area contributed by atoms with E-state index in [1.165, 1.54) is 0 Å². The summed E-state index contributed by atoms with van der Waals surface area (Å²) in [7, 11) is 0. The Labute approximate surface area is 112 Å². The molecule has 1 atom stereocenters. The second-order valence-electron chi connectivity index (χ2n) is 5.17.